The lowest BCUT2D eigenvalue weighted by Crippen LogP contribution is -2.24. The van der Waals surface area contributed by atoms with Crippen LogP contribution in [0.2, 0.25) is 0 Å². The molecular weight excluding hydrogens is 362 g/mol. The molecule has 7 nitrogen and oxygen atoms in total. The summed E-state index contributed by atoms with van der Waals surface area (Å²) in [4.78, 5) is 46.8. The fraction of sp³-hybridized carbons (Fsp3) is 0.238. The zero-order valence-corrected chi connectivity index (χ0v) is 16.1. The fourth-order valence-electron chi connectivity index (χ4n) is 2.44. The minimum Gasteiger partial charge on any atom is -0.423 e. The van der Waals surface area contributed by atoms with Gasteiger partial charge in [-0.3, -0.25) is 19.2 Å². The smallest absolute Gasteiger partial charge is 0.308 e. The first-order valence-corrected chi connectivity index (χ1v) is 8.57. The minimum atomic E-state index is -0.799. The van der Waals surface area contributed by atoms with Crippen LogP contribution in [0.25, 0.3) is 0 Å². The van der Waals surface area contributed by atoms with Crippen molar-refractivity contribution in [2.75, 3.05) is 5.32 Å². The molecule has 0 unspecified atom stereocenters. The first kappa shape index (κ1) is 20.8. The van der Waals surface area contributed by atoms with Crippen LogP contribution in [0.5, 0.6) is 11.5 Å². The summed E-state index contributed by atoms with van der Waals surface area (Å²) < 4.78 is 9.95. The topological polar surface area (TPSA) is 98.8 Å². The molecule has 0 saturated carbocycles. The molecule has 2 aromatic carbocycles. The Hall–Kier alpha value is -3.48. The molecule has 0 aliphatic rings. The van der Waals surface area contributed by atoms with E-state index in [1.165, 1.54) is 32.0 Å². The predicted octanol–water partition coefficient (Wildman–Crippen LogP) is 2.90. The Bertz CT molecular complexity index is 948. The standard InChI is InChI=1S/C21H21NO6/c1-12-5-6-16(9-13(12)2)10-18(25)21(26)22-17-7-8-19(27-14(3)23)20(11-17)28-15(4)24/h5-9,11H,10H2,1-4H3,(H,22,26). The van der Waals surface area contributed by atoms with E-state index in [-0.39, 0.29) is 23.6 Å². The van der Waals surface area contributed by atoms with Gasteiger partial charge in [-0.05, 0) is 42.7 Å². The van der Waals surface area contributed by atoms with Gasteiger partial charge in [0.2, 0.25) is 5.78 Å². The number of Topliss-reactive ketones (excluding diaryl/α,β-unsaturated/α-hetero) is 1. The largest absolute Gasteiger partial charge is 0.423 e. The van der Waals surface area contributed by atoms with Gasteiger partial charge in [-0.25, -0.2) is 0 Å². The first-order chi connectivity index (χ1) is 13.2. The van der Waals surface area contributed by atoms with Crippen LogP contribution in [-0.2, 0) is 25.6 Å². The molecule has 146 valence electrons. The lowest BCUT2D eigenvalue weighted by atomic mass is 10.0. The average molecular weight is 383 g/mol. The number of amides is 1. The van der Waals surface area contributed by atoms with Gasteiger partial charge in [-0.1, -0.05) is 18.2 Å². The van der Waals surface area contributed by atoms with Crippen LogP contribution >= 0.6 is 0 Å². The quantitative estimate of drug-likeness (QED) is 0.468. The summed E-state index contributed by atoms with van der Waals surface area (Å²) in [5.41, 5.74) is 3.11. The highest BCUT2D eigenvalue weighted by Gasteiger charge is 2.17. The molecule has 0 bridgehead atoms. The summed E-state index contributed by atoms with van der Waals surface area (Å²) in [6.45, 7) is 6.30. The maximum absolute atomic E-state index is 12.2. The van der Waals surface area contributed by atoms with E-state index < -0.39 is 23.6 Å². The Morgan fingerprint density at radius 1 is 0.821 bits per heavy atom. The molecule has 7 heteroatoms. The molecule has 0 fully saturated rings. The Balaban J connectivity index is 2.13. The highest BCUT2D eigenvalue weighted by Crippen LogP contribution is 2.31. The van der Waals surface area contributed by atoms with Gasteiger partial charge in [-0.2, -0.15) is 0 Å². The zero-order chi connectivity index (χ0) is 20.8. The molecular formula is C21H21NO6. The lowest BCUT2D eigenvalue weighted by Gasteiger charge is -2.11. The lowest BCUT2D eigenvalue weighted by molar-refractivity contribution is -0.134. The first-order valence-electron chi connectivity index (χ1n) is 8.57. The van der Waals surface area contributed by atoms with Crippen LogP contribution < -0.4 is 14.8 Å². The Kier molecular flexibility index (Phi) is 6.65. The van der Waals surface area contributed by atoms with Crippen molar-refractivity contribution in [2.45, 2.75) is 34.1 Å². The third kappa shape index (κ3) is 5.77. The Labute approximate surface area is 162 Å². The van der Waals surface area contributed by atoms with Gasteiger partial charge in [0.15, 0.2) is 11.5 Å². The third-order valence-corrected chi connectivity index (χ3v) is 3.90. The number of carbonyl (C=O) groups is 4. The van der Waals surface area contributed by atoms with Gasteiger partial charge < -0.3 is 14.8 Å². The number of rotatable bonds is 6. The summed E-state index contributed by atoms with van der Waals surface area (Å²) >= 11 is 0. The Morgan fingerprint density at radius 3 is 2.07 bits per heavy atom. The number of ether oxygens (including phenoxy) is 2. The SMILES string of the molecule is CC(=O)Oc1ccc(NC(=O)C(=O)Cc2ccc(C)c(C)c2)cc1OC(C)=O. The van der Waals surface area contributed by atoms with Gasteiger partial charge >= 0.3 is 11.9 Å². The van der Waals surface area contributed by atoms with E-state index in [0.717, 1.165) is 16.7 Å². The number of esters is 2. The van der Waals surface area contributed by atoms with Gasteiger partial charge in [-0.15, -0.1) is 0 Å². The number of anilines is 1. The van der Waals surface area contributed by atoms with Gasteiger partial charge in [0.25, 0.3) is 5.91 Å². The van der Waals surface area contributed by atoms with Gasteiger partial charge in [0.05, 0.1) is 0 Å². The van der Waals surface area contributed by atoms with E-state index in [9.17, 15) is 19.2 Å². The van der Waals surface area contributed by atoms with Gasteiger partial charge in [0.1, 0.15) is 0 Å². The fourth-order valence-corrected chi connectivity index (χ4v) is 2.44. The van der Waals surface area contributed by atoms with Crippen molar-refractivity contribution >= 4 is 29.3 Å². The number of hydrogen-bond acceptors (Lipinski definition) is 6. The van der Waals surface area contributed by atoms with E-state index in [0.29, 0.717) is 0 Å². The molecule has 1 N–H and O–H groups in total. The van der Waals surface area contributed by atoms with E-state index in [1.807, 2.05) is 26.0 Å². The normalized spacial score (nSPS) is 10.1. The molecule has 0 heterocycles. The van der Waals surface area contributed by atoms with Crippen molar-refractivity contribution in [2.24, 2.45) is 0 Å². The maximum atomic E-state index is 12.2. The van der Waals surface area contributed by atoms with E-state index in [2.05, 4.69) is 5.32 Å². The number of carbonyl (C=O) groups excluding carboxylic acids is 4. The highest BCUT2D eigenvalue weighted by molar-refractivity contribution is 6.41. The summed E-state index contributed by atoms with van der Waals surface area (Å²) in [6.07, 6.45) is -0.0325. The molecule has 2 aromatic rings. The summed E-state index contributed by atoms with van der Waals surface area (Å²) in [6, 6.07) is 9.68. The molecule has 28 heavy (non-hydrogen) atoms. The van der Waals surface area contributed by atoms with Crippen LogP contribution in [0.15, 0.2) is 36.4 Å². The molecule has 0 atom stereocenters. The molecule has 2 rings (SSSR count). The minimum absolute atomic E-state index is 0.0298. The highest BCUT2D eigenvalue weighted by atomic mass is 16.6. The second-order valence-corrected chi connectivity index (χ2v) is 6.32. The molecule has 0 spiro atoms. The molecule has 1 amide bonds. The van der Waals surface area contributed by atoms with E-state index >= 15 is 0 Å². The molecule has 0 radical (unpaired) electrons. The summed E-state index contributed by atoms with van der Waals surface area (Å²) in [5.74, 6) is -2.63. The number of benzene rings is 2. The van der Waals surface area contributed by atoms with E-state index in [1.54, 1.807) is 6.07 Å². The van der Waals surface area contributed by atoms with Crippen molar-refractivity contribution in [3.63, 3.8) is 0 Å². The van der Waals surface area contributed by atoms with Gasteiger partial charge in [0, 0.05) is 32.0 Å². The number of hydrogen-bond donors (Lipinski definition) is 1. The van der Waals surface area contributed by atoms with Crippen LogP contribution in [0.4, 0.5) is 5.69 Å². The maximum Gasteiger partial charge on any atom is 0.308 e. The summed E-state index contributed by atoms with van der Waals surface area (Å²) in [7, 11) is 0. The molecule has 0 aliphatic carbocycles. The second-order valence-electron chi connectivity index (χ2n) is 6.32. The van der Waals surface area contributed by atoms with Crippen molar-refractivity contribution in [1.29, 1.82) is 0 Å². The number of aryl methyl sites for hydroxylation is 2. The van der Waals surface area contributed by atoms with Crippen LogP contribution in [0.3, 0.4) is 0 Å². The van der Waals surface area contributed by atoms with Crippen LogP contribution in [0, 0.1) is 13.8 Å². The summed E-state index contributed by atoms with van der Waals surface area (Å²) in [5, 5.41) is 2.46. The number of nitrogens with one attached hydrogen (secondary N) is 1. The van der Waals surface area contributed by atoms with Crippen molar-refractivity contribution in [3.05, 3.63) is 53.1 Å². The second kappa shape index (κ2) is 8.94. The van der Waals surface area contributed by atoms with Crippen molar-refractivity contribution in [3.8, 4) is 11.5 Å². The van der Waals surface area contributed by atoms with Crippen molar-refractivity contribution in [1.82, 2.24) is 0 Å². The average Bonchev–Trinajstić information content (AvgIpc) is 2.59. The van der Waals surface area contributed by atoms with Crippen LogP contribution in [0.1, 0.15) is 30.5 Å². The van der Waals surface area contributed by atoms with E-state index in [4.69, 9.17) is 9.47 Å². The third-order valence-electron chi connectivity index (χ3n) is 3.90. The monoisotopic (exact) mass is 383 g/mol. The molecule has 0 aliphatic heterocycles. The zero-order valence-electron chi connectivity index (χ0n) is 16.1. The number of ketones is 1. The molecule has 0 aromatic heterocycles. The Morgan fingerprint density at radius 2 is 1.46 bits per heavy atom. The molecule has 0 saturated heterocycles. The predicted molar refractivity (Wildman–Crippen MR) is 102 cm³/mol. The van der Waals surface area contributed by atoms with Crippen molar-refractivity contribution < 1.29 is 28.7 Å². The van der Waals surface area contributed by atoms with Crippen LogP contribution in [-0.4, -0.2) is 23.6 Å².